The van der Waals surface area contributed by atoms with Gasteiger partial charge in [0.15, 0.2) is 0 Å². The molecule has 1 aliphatic rings. The Kier molecular flexibility index (Phi) is 3.31. The molecule has 0 spiro atoms. The Morgan fingerprint density at radius 1 is 1.30 bits per heavy atom. The van der Waals surface area contributed by atoms with Gasteiger partial charge in [-0.15, -0.1) is 10.2 Å². The fraction of sp³-hybridized carbons (Fsp3) is 0.286. The number of carbonyl (C=O) groups excluding carboxylic acids is 2. The Bertz CT molecular complexity index is 637. The highest BCUT2D eigenvalue weighted by atomic mass is 32.1. The number of carbonyl (C=O) groups is 2. The van der Waals surface area contributed by atoms with Crippen LogP contribution < -0.4 is 4.90 Å². The predicted molar refractivity (Wildman–Crippen MR) is 75.4 cm³/mol. The lowest BCUT2D eigenvalue weighted by molar-refractivity contribution is -0.122. The van der Waals surface area contributed by atoms with Crippen molar-refractivity contribution in [2.45, 2.75) is 19.8 Å². The zero-order valence-electron chi connectivity index (χ0n) is 10.9. The van der Waals surface area contributed by atoms with Gasteiger partial charge in [0, 0.05) is 6.42 Å². The van der Waals surface area contributed by atoms with Crippen molar-refractivity contribution in [3.8, 4) is 0 Å². The first-order valence-electron chi connectivity index (χ1n) is 6.33. The van der Waals surface area contributed by atoms with Crippen LogP contribution in [-0.2, 0) is 16.0 Å². The minimum Gasteiger partial charge on any atom is -0.274 e. The first kappa shape index (κ1) is 12.9. The lowest BCUT2D eigenvalue weighted by atomic mass is 9.97. The van der Waals surface area contributed by atoms with Crippen molar-refractivity contribution >= 4 is 28.3 Å². The normalized spacial score (nSPS) is 18.9. The molecular formula is C14H13N3O2S. The fourth-order valence-electron chi connectivity index (χ4n) is 2.33. The van der Waals surface area contributed by atoms with Crippen LogP contribution in [0.3, 0.4) is 0 Å². The minimum absolute atomic E-state index is 0.174. The Labute approximate surface area is 120 Å². The van der Waals surface area contributed by atoms with E-state index >= 15 is 0 Å². The number of imide groups is 1. The van der Waals surface area contributed by atoms with Crippen molar-refractivity contribution in [3.05, 3.63) is 40.9 Å². The van der Waals surface area contributed by atoms with Gasteiger partial charge < -0.3 is 0 Å². The monoisotopic (exact) mass is 287 g/mol. The van der Waals surface area contributed by atoms with Gasteiger partial charge in [-0.1, -0.05) is 41.2 Å². The van der Waals surface area contributed by atoms with E-state index in [4.69, 9.17) is 0 Å². The molecule has 1 aromatic carbocycles. The van der Waals surface area contributed by atoms with Crippen LogP contribution >= 0.6 is 11.3 Å². The molecule has 6 heteroatoms. The van der Waals surface area contributed by atoms with Crippen molar-refractivity contribution < 1.29 is 9.59 Å². The average Bonchev–Trinajstić information content (AvgIpc) is 3.02. The van der Waals surface area contributed by atoms with Crippen molar-refractivity contribution in [1.82, 2.24) is 10.2 Å². The topological polar surface area (TPSA) is 63.2 Å². The van der Waals surface area contributed by atoms with E-state index in [9.17, 15) is 9.59 Å². The van der Waals surface area contributed by atoms with E-state index in [1.54, 1.807) is 0 Å². The predicted octanol–water partition coefficient (Wildman–Crippen LogP) is 1.97. The van der Waals surface area contributed by atoms with Gasteiger partial charge in [0.05, 0.1) is 5.92 Å². The molecule has 0 unspecified atom stereocenters. The van der Waals surface area contributed by atoms with E-state index in [0.29, 0.717) is 11.6 Å². The fourth-order valence-corrected chi connectivity index (χ4v) is 2.91. The number of nitrogens with zero attached hydrogens (tertiary/aromatic N) is 3. The van der Waals surface area contributed by atoms with E-state index in [-0.39, 0.29) is 24.2 Å². The number of hydrogen-bond donors (Lipinski definition) is 0. The molecule has 1 aromatic heterocycles. The minimum atomic E-state index is -0.297. The maximum atomic E-state index is 12.3. The van der Waals surface area contributed by atoms with Crippen molar-refractivity contribution in [2.75, 3.05) is 4.90 Å². The highest BCUT2D eigenvalue weighted by molar-refractivity contribution is 7.13. The molecule has 0 saturated carbocycles. The molecule has 2 amide bonds. The SMILES string of the molecule is Cc1ccc(C[C@@H]2CC(=O)N(c3nncs3)C2=O)cc1. The maximum Gasteiger partial charge on any atom is 0.239 e. The third-order valence-electron chi connectivity index (χ3n) is 3.38. The van der Waals surface area contributed by atoms with Crippen LogP contribution in [0.25, 0.3) is 0 Å². The number of anilines is 1. The van der Waals surface area contributed by atoms with Gasteiger partial charge in [-0.3, -0.25) is 9.59 Å². The second-order valence-corrected chi connectivity index (χ2v) is 5.69. The molecule has 0 radical (unpaired) electrons. The van der Waals surface area contributed by atoms with Crippen LogP contribution in [0, 0.1) is 12.8 Å². The summed E-state index contributed by atoms with van der Waals surface area (Å²) in [6.45, 7) is 2.02. The van der Waals surface area contributed by atoms with Gasteiger partial charge in [-0.05, 0) is 18.9 Å². The summed E-state index contributed by atoms with van der Waals surface area (Å²) in [6.07, 6.45) is 0.826. The Balaban J connectivity index is 1.78. The molecule has 0 aliphatic carbocycles. The molecule has 2 heterocycles. The van der Waals surface area contributed by atoms with Gasteiger partial charge in [0.1, 0.15) is 5.51 Å². The molecule has 1 atom stereocenters. The van der Waals surface area contributed by atoms with Gasteiger partial charge >= 0.3 is 0 Å². The van der Waals surface area contributed by atoms with Crippen molar-refractivity contribution in [1.29, 1.82) is 0 Å². The number of rotatable bonds is 3. The van der Waals surface area contributed by atoms with E-state index in [2.05, 4.69) is 10.2 Å². The number of amides is 2. The second-order valence-electron chi connectivity index (χ2n) is 4.88. The van der Waals surface area contributed by atoms with Crippen LogP contribution in [-0.4, -0.2) is 22.0 Å². The summed E-state index contributed by atoms with van der Waals surface area (Å²) in [7, 11) is 0. The first-order valence-corrected chi connectivity index (χ1v) is 7.21. The third kappa shape index (κ3) is 2.34. The van der Waals surface area contributed by atoms with Gasteiger partial charge in [0.2, 0.25) is 16.9 Å². The summed E-state index contributed by atoms with van der Waals surface area (Å²) < 4.78 is 0. The van der Waals surface area contributed by atoms with E-state index in [1.807, 2.05) is 31.2 Å². The molecule has 3 rings (SSSR count). The van der Waals surface area contributed by atoms with Crippen molar-refractivity contribution in [2.24, 2.45) is 5.92 Å². The van der Waals surface area contributed by atoms with Crippen molar-refractivity contribution in [3.63, 3.8) is 0 Å². The molecule has 2 aromatic rings. The van der Waals surface area contributed by atoms with Crippen LogP contribution in [0.1, 0.15) is 17.5 Å². The maximum absolute atomic E-state index is 12.3. The summed E-state index contributed by atoms with van der Waals surface area (Å²) in [5, 5.41) is 7.85. The molecule has 20 heavy (non-hydrogen) atoms. The highest BCUT2D eigenvalue weighted by Gasteiger charge is 2.40. The quantitative estimate of drug-likeness (QED) is 0.810. The molecule has 0 N–H and O–H groups in total. The third-order valence-corrected chi connectivity index (χ3v) is 4.06. The average molecular weight is 287 g/mol. The number of aryl methyl sites for hydroxylation is 1. The zero-order chi connectivity index (χ0) is 14.1. The van der Waals surface area contributed by atoms with Crippen LogP contribution in [0.2, 0.25) is 0 Å². The Hall–Kier alpha value is -2.08. The zero-order valence-corrected chi connectivity index (χ0v) is 11.8. The molecular weight excluding hydrogens is 274 g/mol. The summed E-state index contributed by atoms with van der Waals surface area (Å²) in [5.41, 5.74) is 3.77. The number of benzene rings is 1. The lowest BCUT2D eigenvalue weighted by Crippen LogP contribution is -2.30. The molecule has 1 aliphatic heterocycles. The molecule has 5 nitrogen and oxygen atoms in total. The summed E-state index contributed by atoms with van der Waals surface area (Å²) in [5.74, 6) is -0.662. The van der Waals surface area contributed by atoms with E-state index in [1.165, 1.54) is 22.4 Å². The van der Waals surface area contributed by atoms with Gasteiger partial charge in [-0.25, -0.2) is 4.90 Å². The lowest BCUT2D eigenvalue weighted by Gasteiger charge is -2.10. The Morgan fingerprint density at radius 3 is 2.70 bits per heavy atom. The first-order chi connectivity index (χ1) is 9.65. The smallest absolute Gasteiger partial charge is 0.239 e. The second kappa shape index (κ2) is 5.13. The number of hydrogen-bond acceptors (Lipinski definition) is 5. The van der Waals surface area contributed by atoms with Gasteiger partial charge in [-0.2, -0.15) is 0 Å². The molecule has 102 valence electrons. The molecule has 1 saturated heterocycles. The van der Waals surface area contributed by atoms with Crippen LogP contribution in [0.15, 0.2) is 29.8 Å². The summed E-state index contributed by atoms with van der Waals surface area (Å²) >= 11 is 1.20. The van der Waals surface area contributed by atoms with Crippen LogP contribution in [0.4, 0.5) is 5.13 Å². The molecule has 1 fully saturated rings. The van der Waals surface area contributed by atoms with E-state index in [0.717, 1.165) is 10.5 Å². The summed E-state index contributed by atoms with van der Waals surface area (Å²) in [4.78, 5) is 25.5. The largest absolute Gasteiger partial charge is 0.274 e. The van der Waals surface area contributed by atoms with Crippen LogP contribution in [0.5, 0.6) is 0 Å². The van der Waals surface area contributed by atoms with E-state index < -0.39 is 0 Å². The molecule has 0 bridgehead atoms. The van der Waals surface area contributed by atoms with Gasteiger partial charge in [0.25, 0.3) is 0 Å². The number of aromatic nitrogens is 2. The summed E-state index contributed by atoms with van der Waals surface area (Å²) in [6, 6.07) is 8.03. The standard InChI is InChI=1S/C14H13N3O2S/c1-9-2-4-10(5-3-9)6-11-7-12(18)17(13(11)19)14-16-15-8-20-14/h2-5,8,11H,6-7H2,1H3/t11-/m1/s1. The Morgan fingerprint density at radius 2 is 2.05 bits per heavy atom. The highest BCUT2D eigenvalue weighted by Crippen LogP contribution is 2.29.